The van der Waals surface area contributed by atoms with E-state index in [-0.39, 0.29) is 18.3 Å². The van der Waals surface area contributed by atoms with Crippen LogP contribution in [0.1, 0.15) is 27.7 Å². The van der Waals surface area contributed by atoms with Crippen molar-refractivity contribution in [1.82, 2.24) is 9.88 Å². The highest BCUT2D eigenvalue weighted by molar-refractivity contribution is 5.94. The number of aromatic nitrogens is 1. The number of hydrogen-bond acceptors (Lipinski definition) is 4. The van der Waals surface area contributed by atoms with Gasteiger partial charge in [0, 0.05) is 31.5 Å². The molecule has 0 atom stereocenters. The standard InChI is InChI=1S/C21H19FN2O3/c22-16-8-6-15(7-9-16)21(25)24-12-10-18-19(11-13-24)27-20(23-18)14-26-17-4-2-1-3-5-17/h1-9H,10-14H2. The van der Waals surface area contributed by atoms with Crippen LogP contribution in [0.4, 0.5) is 4.39 Å². The average Bonchev–Trinajstić information content (AvgIpc) is 2.99. The number of para-hydroxylation sites is 1. The number of amides is 1. The van der Waals surface area contributed by atoms with E-state index in [1.807, 2.05) is 30.3 Å². The normalized spacial score (nSPS) is 13.7. The number of fused-ring (bicyclic) bond motifs is 1. The van der Waals surface area contributed by atoms with Gasteiger partial charge in [0.25, 0.3) is 5.91 Å². The summed E-state index contributed by atoms with van der Waals surface area (Å²) in [6, 6.07) is 15.1. The lowest BCUT2D eigenvalue weighted by molar-refractivity contribution is 0.0761. The summed E-state index contributed by atoms with van der Waals surface area (Å²) in [6.45, 7) is 1.36. The average molecular weight is 366 g/mol. The van der Waals surface area contributed by atoms with Crippen LogP contribution < -0.4 is 4.74 Å². The van der Waals surface area contributed by atoms with Gasteiger partial charge < -0.3 is 14.1 Å². The van der Waals surface area contributed by atoms with Crippen LogP contribution in [0.25, 0.3) is 0 Å². The zero-order valence-corrected chi connectivity index (χ0v) is 14.7. The van der Waals surface area contributed by atoms with Crippen LogP contribution in [0.2, 0.25) is 0 Å². The predicted octanol–water partition coefficient (Wildman–Crippen LogP) is 3.63. The topological polar surface area (TPSA) is 55.6 Å². The van der Waals surface area contributed by atoms with Crippen LogP contribution >= 0.6 is 0 Å². The van der Waals surface area contributed by atoms with Crippen LogP contribution in [0.5, 0.6) is 5.75 Å². The Labute approximate surface area is 156 Å². The molecule has 0 spiro atoms. The van der Waals surface area contributed by atoms with Crippen molar-refractivity contribution in [2.75, 3.05) is 13.1 Å². The van der Waals surface area contributed by atoms with Crippen molar-refractivity contribution in [3.63, 3.8) is 0 Å². The molecule has 1 aromatic heterocycles. The Morgan fingerprint density at radius 1 is 1.07 bits per heavy atom. The molecule has 6 heteroatoms. The number of ether oxygens (including phenoxy) is 1. The van der Waals surface area contributed by atoms with Crippen molar-refractivity contribution < 1.29 is 18.3 Å². The molecule has 138 valence electrons. The van der Waals surface area contributed by atoms with Gasteiger partial charge in [0.05, 0.1) is 5.69 Å². The molecule has 1 aliphatic rings. The summed E-state index contributed by atoms with van der Waals surface area (Å²) in [5.74, 6) is 1.66. The van der Waals surface area contributed by atoms with E-state index >= 15 is 0 Å². The second kappa shape index (κ2) is 7.61. The number of benzene rings is 2. The molecular formula is C21H19FN2O3. The van der Waals surface area contributed by atoms with Crippen molar-refractivity contribution in [3.05, 3.63) is 83.3 Å². The van der Waals surface area contributed by atoms with E-state index in [1.165, 1.54) is 24.3 Å². The second-order valence-corrected chi connectivity index (χ2v) is 6.38. The number of rotatable bonds is 4. The van der Waals surface area contributed by atoms with Gasteiger partial charge in [0.15, 0.2) is 6.61 Å². The summed E-state index contributed by atoms with van der Waals surface area (Å²) in [4.78, 5) is 18.9. The Balaban J connectivity index is 1.38. The first-order valence-corrected chi connectivity index (χ1v) is 8.89. The lowest BCUT2D eigenvalue weighted by Gasteiger charge is -2.20. The minimum atomic E-state index is -0.351. The molecule has 2 aromatic carbocycles. The fourth-order valence-electron chi connectivity index (χ4n) is 3.12. The maximum atomic E-state index is 13.0. The summed E-state index contributed by atoms with van der Waals surface area (Å²) in [5, 5.41) is 0. The zero-order valence-electron chi connectivity index (χ0n) is 14.7. The molecule has 5 nitrogen and oxygen atoms in total. The third-order valence-electron chi connectivity index (χ3n) is 4.53. The monoisotopic (exact) mass is 366 g/mol. The summed E-state index contributed by atoms with van der Waals surface area (Å²) in [6.07, 6.45) is 1.22. The van der Waals surface area contributed by atoms with Gasteiger partial charge in [-0.1, -0.05) is 18.2 Å². The maximum Gasteiger partial charge on any atom is 0.253 e. The molecule has 3 aromatic rings. The van der Waals surface area contributed by atoms with Gasteiger partial charge in [-0.25, -0.2) is 9.37 Å². The van der Waals surface area contributed by atoms with E-state index in [0.717, 1.165) is 17.2 Å². The highest BCUT2D eigenvalue weighted by atomic mass is 19.1. The minimum absolute atomic E-state index is 0.104. The number of carbonyl (C=O) groups excluding carboxylic acids is 1. The molecular weight excluding hydrogens is 347 g/mol. The lowest BCUT2D eigenvalue weighted by atomic mass is 10.2. The van der Waals surface area contributed by atoms with E-state index in [1.54, 1.807) is 4.90 Å². The number of carbonyl (C=O) groups is 1. The van der Waals surface area contributed by atoms with Crippen LogP contribution in [0, 0.1) is 5.82 Å². The molecule has 0 radical (unpaired) electrons. The summed E-state index contributed by atoms with van der Waals surface area (Å²) >= 11 is 0. The van der Waals surface area contributed by atoms with Gasteiger partial charge in [-0.15, -0.1) is 0 Å². The fraction of sp³-hybridized carbons (Fsp3) is 0.238. The van der Waals surface area contributed by atoms with Crippen LogP contribution in [0.15, 0.2) is 59.0 Å². The van der Waals surface area contributed by atoms with E-state index < -0.39 is 0 Å². The minimum Gasteiger partial charge on any atom is -0.484 e. The fourth-order valence-corrected chi connectivity index (χ4v) is 3.12. The van der Waals surface area contributed by atoms with Gasteiger partial charge >= 0.3 is 0 Å². The third kappa shape index (κ3) is 4.00. The number of oxazole rings is 1. The molecule has 0 bridgehead atoms. The summed E-state index contributed by atoms with van der Waals surface area (Å²) in [5.41, 5.74) is 1.36. The first-order chi connectivity index (χ1) is 13.2. The predicted molar refractivity (Wildman–Crippen MR) is 97.0 cm³/mol. The van der Waals surface area contributed by atoms with Crippen molar-refractivity contribution in [2.24, 2.45) is 0 Å². The molecule has 0 N–H and O–H groups in total. The maximum absolute atomic E-state index is 13.0. The Morgan fingerprint density at radius 2 is 1.81 bits per heavy atom. The van der Waals surface area contributed by atoms with Crippen molar-refractivity contribution in [1.29, 1.82) is 0 Å². The molecule has 0 saturated heterocycles. The van der Waals surface area contributed by atoms with Gasteiger partial charge in [0.2, 0.25) is 5.89 Å². The smallest absolute Gasteiger partial charge is 0.253 e. The van der Waals surface area contributed by atoms with E-state index in [0.29, 0.717) is 37.4 Å². The Hall–Kier alpha value is -3.15. The van der Waals surface area contributed by atoms with Gasteiger partial charge in [-0.3, -0.25) is 4.79 Å². The van der Waals surface area contributed by atoms with E-state index in [4.69, 9.17) is 9.15 Å². The van der Waals surface area contributed by atoms with E-state index in [2.05, 4.69) is 4.98 Å². The number of halogens is 1. The van der Waals surface area contributed by atoms with Crippen molar-refractivity contribution in [3.8, 4) is 5.75 Å². The van der Waals surface area contributed by atoms with Crippen LogP contribution in [-0.2, 0) is 19.4 Å². The van der Waals surface area contributed by atoms with Crippen molar-refractivity contribution >= 4 is 5.91 Å². The zero-order chi connectivity index (χ0) is 18.6. The Morgan fingerprint density at radius 3 is 2.59 bits per heavy atom. The molecule has 0 unspecified atom stereocenters. The van der Waals surface area contributed by atoms with Gasteiger partial charge in [0.1, 0.15) is 17.3 Å². The first kappa shape index (κ1) is 17.3. The van der Waals surface area contributed by atoms with Gasteiger partial charge in [-0.05, 0) is 36.4 Å². The summed E-state index contributed by atoms with van der Waals surface area (Å²) in [7, 11) is 0. The Kier molecular flexibility index (Phi) is 4.87. The molecule has 1 amide bonds. The Bertz CT molecular complexity index is 897. The second-order valence-electron chi connectivity index (χ2n) is 6.38. The molecule has 2 heterocycles. The molecule has 27 heavy (non-hydrogen) atoms. The molecule has 1 aliphatic heterocycles. The quantitative estimate of drug-likeness (QED) is 0.708. The lowest BCUT2D eigenvalue weighted by Crippen LogP contribution is -2.33. The largest absolute Gasteiger partial charge is 0.484 e. The van der Waals surface area contributed by atoms with Crippen LogP contribution in [-0.4, -0.2) is 28.9 Å². The molecule has 0 fully saturated rings. The highest BCUT2D eigenvalue weighted by Crippen LogP contribution is 2.20. The molecule has 0 aliphatic carbocycles. The van der Waals surface area contributed by atoms with E-state index in [9.17, 15) is 9.18 Å². The number of hydrogen-bond donors (Lipinski definition) is 0. The highest BCUT2D eigenvalue weighted by Gasteiger charge is 2.23. The van der Waals surface area contributed by atoms with Gasteiger partial charge in [-0.2, -0.15) is 0 Å². The molecule has 0 saturated carbocycles. The summed E-state index contributed by atoms with van der Waals surface area (Å²) < 4.78 is 24.6. The first-order valence-electron chi connectivity index (χ1n) is 8.89. The third-order valence-corrected chi connectivity index (χ3v) is 4.53. The number of nitrogens with zero attached hydrogens (tertiary/aromatic N) is 2. The van der Waals surface area contributed by atoms with Crippen molar-refractivity contribution in [2.45, 2.75) is 19.4 Å². The SMILES string of the molecule is O=C(c1ccc(F)cc1)N1CCc2nc(COc3ccccc3)oc2CC1. The molecule has 4 rings (SSSR count). The van der Waals surface area contributed by atoms with Crippen LogP contribution in [0.3, 0.4) is 0 Å².